The summed E-state index contributed by atoms with van der Waals surface area (Å²) >= 11 is 0. The van der Waals surface area contributed by atoms with Crippen molar-refractivity contribution in [2.75, 3.05) is 19.8 Å². The van der Waals surface area contributed by atoms with E-state index in [0.717, 1.165) is 12.0 Å². The number of aromatic carboxylic acids is 1. The highest BCUT2D eigenvalue weighted by molar-refractivity contribution is 5.91. The van der Waals surface area contributed by atoms with Crippen molar-refractivity contribution in [2.45, 2.75) is 19.8 Å². The summed E-state index contributed by atoms with van der Waals surface area (Å²) in [6, 6.07) is 3.09. The molecular weight excluding hydrogens is 237 g/mol. The average molecular weight is 253 g/mol. The van der Waals surface area contributed by atoms with E-state index in [-0.39, 0.29) is 12.0 Å². The third kappa shape index (κ3) is 2.00. The standard InChI is InChI=1S/C13H16FNO3/c1-9-3-4-11(13(16)17)10(5-6-14)12(9)15(18)7-2-8-15/h3-4H,2,5-8H2,1H3,(H,16,17). The molecule has 0 atom stereocenters. The van der Waals surface area contributed by atoms with Crippen molar-refractivity contribution < 1.29 is 14.3 Å². The quantitative estimate of drug-likeness (QED) is 0.662. The molecule has 0 spiro atoms. The highest BCUT2D eigenvalue weighted by atomic mass is 19.1. The minimum Gasteiger partial charge on any atom is -0.627 e. The molecule has 0 bridgehead atoms. The lowest BCUT2D eigenvalue weighted by atomic mass is 9.96. The number of nitrogens with zero attached hydrogens (tertiary/aromatic N) is 1. The van der Waals surface area contributed by atoms with Crippen molar-refractivity contribution in [2.24, 2.45) is 0 Å². The fourth-order valence-corrected chi connectivity index (χ4v) is 2.54. The van der Waals surface area contributed by atoms with E-state index in [1.165, 1.54) is 6.07 Å². The van der Waals surface area contributed by atoms with Gasteiger partial charge >= 0.3 is 5.97 Å². The maximum absolute atomic E-state index is 12.6. The van der Waals surface area contributed by atoms with Gasteiger partial charge in [-0.05, 0) is 13.0 Å². The van der Waals surface area contributed by atoms with E-state index in [2.05, 4.69) is 0 Å². The average Bonchev–Trinajstić information content (AvgIpc) is 2.26. The Bertz CT molecular complexity index is 483. The van der Waals surface area contributed by atoms with Crippen LogP contribution < -0.4 is 4.65 Å². The van der Waals surface area contributed by atoms with E-state index in [4.69, 9.17) is 5.11 Å². The predicted molar refractivity (Wildman–Crippen MR) is 67.3 cm³/mol. The summed E-state index contributed by atoms with van der Waals surface area (Å²) in [7, 11) is 0. The maximum Gasteiger partial charge on any atom is 0.336 e. The molecule has 1 saturated heterocycles. The van der Waals surface area contributed by atoms with Crippen molar-refractivity contribution in [3.8, 4) is 0 Å². The third-order valence-corrected chi connectivity index (χ3v) is 3.51. The lowest BCUT2D eigenvalue weighted by molar-refractivity contribution is 0.0695. The molecule has 1 aromatic rings. The number of quaternary nitrogens is 1. The highest BCUT2D eigenvalue weighted by Gasteiger charge is 2.34. The zero-order valence-electron chi connectivity index (χ0n) is 10.3. The molecule has 18 heavy (non-hydrogen) atoms. The molecule has 0 aliphatic carbocycles. The molecule has 1 heterocycles. The molecule has 0 amide bonds. The first-order valence-electron chi connectivity index (χ1n) is 6.00. The molecule has 2 rings (SSSR count). The predicted octanol–water partition coefficient (Wildman–Crippen LogP) is 2.41. The second-order valence-electron chi connectivity index (χ2n) is 4.69. The van der Waals surface area contributed by atoms with E-state index in [1.807, 2.05) is 0 Å². The zero-order chi connectivity index (χ0) is 13.3. The van der Waals surface area contributed by atoms with Crippen LogP contribution in [0.15, 0.2) is 12.1 Å². The monoisotopic (exact) mass is 253 g/mol. The van der Waals surface area contributed by atoms with Gasteiger partial charge in [-0.25, -0.2) is 4.79 Å². The SMILES string of the molecule is Cc1ccc(C(=O)O)c(CCF)c1[N+]1([O-])CCC1. The van der Waals surface area contributed by atoms with Gasteiger partial charge in [0.2, 0.25) is 0 Å². The first-order valence-corrected chi connectivity index (χ1v) is 6.00. The van der Waals surface area contributed by atoms with Gasteiger partial charge in [-0.15, -0.1) is 0 Å². The van der Waals surface area contributed by atoms with Gasteiger partial charge in [-0.2, -0.15) is 0 Å². The number of hydrogen-bond donors (Lipinski definition) is 1. The minimum absolute atomic E-state index is 0.0130. The normalized spacial score (nSPS) is 17.3. The van der Waals surface area contributed by atoms with Crippen LogP contribution in [-0.4, -0.2) is 30.8 Å². The number of halogens is 1. The Morgan fingerprint density at radius 3 is 2.61 bits per heavy atom. The molecule has 98 valence electrons. The molecule has 0 saturated carbocycles. The molecule has 4 nitrogen and oxygen atoms in total. The largest absolute Gasteiger partial charge is 0.627 e. The van der Waals surface area contributed by atoms with Crippen molar-refractivity contribution in [1.29, 1.82) is 0 Å². The van der Waals surface area contributed by atoms with Crippen molar-refractivity contribution in [1.82, 2.24) is 4.65 Å². The zero-order valence-corrected chi connectivity index (χ0v) is 10.3. The summed E-state index contributed by atoms with van der Waals surface area (Å²) in [5.41, 5.74) is 1.62. The second kappa shape index (κ2) is 4.66. The van der Waals surface area contributed by atoms with Gasteiger partial charge in [-0.3, -0.25) is 4.39 Å². The molecular formula is C13H16FNO3. The van der Waals surface area contributed by atoms with Gasteiger partial charge in [0, 0.05) is 24.0 Å². The number of carboxylic acid groups (broad SMARTS) is 1. The lowest BCUT2D eigenvalue weighted by Gasteiger charge is -2.50. The minimum atomic E-state index is -1.10. The number of aryl methyl sites for hydroxylation is 1. The smallest absolute Gasteiger partial charge is 0.336 e. The molecule has 0 radical (unpaired) electrons. The number of benzene rings is 1. The van der Waals surface area contributed by atoms with Gasteiger partial charge in [0.15, 0.2) is 0 Å². The van der Waals surface area contributed by atoms with E-state index in [9.17, 15) is 14.4 Å². The molecule has 0 unspecified atom stereocenters. The lowest BCUT2D eigenvalue weighted by Crippen LogP contribution is -2.55. The fourth-order valence-electron chi connectivity index (χ4n) is 2.54. The van der Waals surface area contributed by atoms with Crippen LogP contribution in [0, 0.1) is 12.1 Å². The molecule has 5 heteroatoms. The summed E-state index contributed by atoms with van der Waals surface area (Å²) in [4.78, 5) is 11.2. The first kappa shape index (κ1) is 13.0. The summed E-state index contributed by atoms with van der Waals surface area (Å²) in [5.74, 6) is -1.10. The Kier molecular flexibility index (Phi) is 3.36. The maximum atomic E-state index is 12.6. The van der Waals surface area contributed by atoms with Gasteiger partial charge < -0.3 is 15.0 Å². The molecule has 1 aromatic carbocycles. The Balaban J connectivity index is 2.61. The summed E-state index contributed by atoms with van der Waals surface area (Å²) in [5, 5.41) is 21.6. The number of hydroxylamine groups is 2. The van der Waals surface area contributed by atoms with Gasteiger partial charge in [0.1, 0.15) is 5.69 Å². The first-order chi connectivity index (χ1) is 8.49. The summed E-state index contributed by atoms with van der Waals surface area (Å²) < 4.78 is 12.1. The van der Waals surface area contributed by atoms with Gasteiger partial charge in [0.25, 0.3) is 0 Å². The van der Waals surface area contributed by atoms with Crippen LogP contribution in [0.1, 0.15) is 27.9 Å². The Morgan fingerprint density at radius 2 is 2.17 bits per heavy atom. The van der Waals surface area contributed by atoms with Crippen molar-refractivity contribution in [3.63, 3.8) is 0 Å². The van der Waals surface area contributed by atoms with E-state index < -0.39 is 17.3 Å². The topological polar surface area (TPSA) is 60.4 Å². The number of alkyl halides is 1. The number of rotatable bonds is 4. The van der Waals surface area contributed by atoms with Crippen molar-refractivity contribution in [3.05, 3.63) is 34.0 Å². The van der Waals surface area contributed by atoms with E-state index in [0.29, 0.717) is 24.3 Å². The summed E-state index contributed by atoms with van der Waals surface area (Å²) in [6.07, 6.45) is 0.816. The van der Waals surface area contributed by atoms with Crippen LogP contribution in [0.25, 0.3) is 0 Å². The molecule has 1 fully saturated rings. The Labute approximate surface area is 105 Å². The van der Waals surface area contributed by atoms with Gasteiger partial charge in [-0.1, -0.05) is 6.07 Å². The Hall–Kier alpha value is -1.46. The number of carboxylic acids is 1. The van der Waals surface area contributed by atoms with Crippen LogP contribution in [0.3, 0.4) is 0 Å². The fraction of sp³-hybridized carbons (Fsp3) is 0.462. The van der Waals surface area contributed by atoms with Crippen LogP contribution in [0.4, 0.5) is 10.1 Å². The van der Waals surface area contributed by atoms with Crippen LogP contribution in [0.5, 0.6) is 0 Å². The van der Waals surface area contributed by atoms with Gasteiger partial charge in [0.05, 0.1) is 25.3 Å². The molecule has 1 N–H and O–H groups in total. The summed E-state index contributed by atoms with van der Waals surface area (Å²) in [6.45, 7) is 2.02. The third-order valence-electron chi connectivity index (χ3n) is 3.51. The highest BCUT2D eigenvalue weighted by Crippen LogP contribution is 2.37. The Morgan fingerprint density at radius 1 is 1.50 bits per heavy atom. The molecule has 1 aliphatic rings. The number of hydrogen-bond acceptors (Lipinski definition) is 2. The van der Waals surface area contributed by atoms with Crippen LogP contribution in [-0.2, 0) is 6.42 Å². The van der Waals surface area contributed by atoms with Crippen LogP contribution >= 0.6 is 0 Å². The van der Waals surface area contributed by atoms with Crippen molar-refractivity contribution >= 4 is 11.7 Å². The second-order valence-corrected chi connectivity index (χ2v) is 4.69. The van der Waals surface area contributed by atoms with Crippen LogP contribution in [0.2, 0.25) is 0 Å². The van der Waals surface area contributed by atoms with E-state index >= 15 is 0 Å². The van der Waals surface area contributed by atoms with E-state index in [1.54, 1.807) is 13.0 Å². The number of carbonyl (C=O) groups is 1. The molecule has 0 aromatic heterocycles. The molecule has 1 aliphatic heterocycles.